The Morgan fingerprint density at radius 1 is 1.19 bits per heavy atom. The summed E-state index contributed by atoms with van der Waals surface area (Å²) >= 11 is 3.43. The largest absolute Gasteiger partial charge is 0.368 e. The van der Waals surface area contributed by atoms with E-state index in [2.05, 4.69) is 41.9 Å². The van der Waals surface area contributed by atoms with Crippen LogP contribution in [0.1, 0.15) is 20.8 Å². The van der Waals surface area contributed by atoms with Gasteiger partial charge in [0.25, 0.3) is 11.8 Å². The molecule has 2 aromatic heterocycles. The number of para-hydroxylation sites is 1. The number of nitrogens with zero attached hydrogens (tertiary/aromatic N) is 3. The number of amides is 3. The maximum atomic E-state index is 12.5. The van der Waals surface area contributed by atoms with Crippen molar-refractivity contribution in [3.05, 3.63) is 58.6 Å². The van der Waals surface area contributed by atoms with Crippen molar-refractivity contribution in [2.75, 3.05) is 11.9 Å². The van der Waals surface area contributed by atoms with Crippen LogP contribution in [0.25, 0.3) is 5.69 Å². The molecular formula is C16H14BrN7O3. The molecule has 3 amide bonds. The van der Waals surface area contributed by atoms with Crippen LogP contribution in [0.4, 0.5) is 5.69 Å². The second-order valence-corrected chi connectivity index (χ2v) is 6.24. The number of carbonyl (C=O) groups is 3. The molecule has 27 heavy (non-hydrogen) atoms. The minimum Gasteiger partial charge on any atom is -0.368 e. The summed E-state index contributed by atoms with van der Waals surface area (Å²) in [5.41, 5.74) is 6.21. The van der Waals surface area contributed by atoms with Gasteiger partial charge in [-0.05, 0) is 28.1 Å². The molecule has 10 nitrogen and oxygen atoms in total. The Hall–Kier alpha value is -3.47. The summed E-state index contributed by atoms with van der Waals surface area (Å²) < 4.78 is 2.37. The number of aromatic amines is 1. The number of carbonyl (C=O) groups excluding carboxylic acids is 3. The number of hydrogen-bond acceptors (Lipinski definition) is 5. The summed E-state index contributed by atoms with van der Waals surface area (Å²) in [6.45, 7) is -0.329. The Morgan fingerprint density at radius 2 is 1.96 bits per heavy atom. The zero-order valence-corrected chi connectivity index (χ0v) is 15.4. The van der Waals surface area contributed by atoms with Crippen LogP contribution in [0.2, 0.25) is 0 Å². The first-order valence-electron chi connectivity index (χ1n) is 7.66. The molecule has 0 saturated carbocycles. The van der Waals surface area contributed by atoms with Gasteiger partial charge in [-0.2, -0.15) is 10.2 Å². The van der Waals surface area contributed by atoms with Gasteiger partial charge in [-0.1, -0.05) is 12.1 Å². The van der Waals surface area contributed by atoms with Crippen molar-refractivity contribution in [3.63, 3.8) is 0 Å². The number of halogens is 1. The quantitative estimate of drug-likeness (QED) is 0.455. The standard InChI is InChI=1S/C16H14BrN7O3/c17-10-3-1-2-4-12(10)24-8-9(5-21-24)15(26)22-11-6-20-23-14(11)16(27)19-7-13(18)25/h1-6,8H,7H2,(H2,18,25)(H,19,27)(H,20,23)(H,22,26). The lowest BCUT2D eigenvalue weighted by Gasteiger charge is -2.05. The van der Waals surface area contributed by atoms with Gasteiger partial charge in [0.15, 0.2) is 0 Å². The van der Waals surface area contributed by atoms with E-state index in [9.17, 15) is 14.4 Å². The molecule has 0 aliphatic rings. The number of H-pyrrole nitrogens is 1. The van der Waals surface area contributed by atoms with Crippen molar-refractivity contribution in [2.45, 2.75) is 0 Å². The molecule has 138 valence electrons. The van der Waals surface area contributed by atoms with Gasteiger partial charge >= 0.3 is 0 Å². The van der Waals surface area contributed by atoms with Gasteiger partial charge in [0.1, 0.15) is 5.69 Å². The van der Waals surface area contributed by atoms with E-state index in [0.717, 1.165) is 10.2 Å². The first kappa shape index (κ1) is 18.3. The molecule has 0 radical (unpaired) electrons. The topological polar surface area (TPSA) is 148 Å². The molecular weight excluding hydrogens is 418 g/mol. The Kier molecular flexibility index (Phi) is 5.31. The van der Waals surface area contributed by atoms with Gasteiger partial charge < -0.3 is 16.4 Å². The number of primary amides is 1. The monoisotopic (exact) mass is 431 g/mol. The molecule has 2 heterocycles. The van der Waals surface area contributed by atoms with E-state index >= 15 is 0 Å². The van der Waals surface area contributed by atoms with Crippen LogP contribution in [0.5, 0.6) is 0 Å². The molecule has 3 rings (SSSR count). The molecule has 0 unspecified atom stereocenters. The smallest absolute Gasteiger partial charge is 0.271 e. The van der Waals surface area contributed by atoms with E-state index in [1.54, 1.807) is 10.9 Å². The van der Waals surface area contributed by atoms with Crippen LogP contribution >= 0.6 is 15.9 Å². The Labute approximate surface area is 161 Å². The average molecular weight is 432 g/mol. The maximum absolute atomic E-state index is 12.5. The summed E-state index contributed by atoms with van der Waals surface area (Å²) in [6.07, 6.45) is 4.25. The van der Waals surface area contributed by atoms with Crippen LogP contribution in [-0.2, 0) is 4.79 Å². The number of anilines is 1. The third-order valence-corrected chi connectivity index (χ3v) is 4.15. The summed E-state index contributed by atoms with van der Waals surface area (Å²) in [5, 5.41) is 15.3. The SMILES string of the molecule is NC(=O)CNC(=O)c1[nH]ncc1NC(=O)c1cnn(-c2ccccc2Br)c1. The number of nitrogens with two attached hydrogens (primary N) is 1. The highest BCUT2D eigenvalue weighted by Crippen LogP contribution is 2.20. The molecule has 3 aromatic rings. The fraction of sp³-hybridized carbons (Fsp3) is 0.0625. The zero-order valence-electron chi connectivity index (χ0n) is 13.8. The molecule has 0 aliphatic carbocycles. The van der Waals surface area contributed by atoms with E-state index < -0.39 is 17.7 Å². The first-order chi connectivity index (χ1) is 13.0. The highest BCUT2D eigenvalue weighted by Gasteiger charge is 2.18. The van der Waals surface area contributed by atoms with Crippen molar-refractivity contribution in [3.8, 4) is 5.69 Å². The normalized spacial score (nSPS) is 10.4. The lowest BCUT2D eigenvalue weighted by Crippen LogP contribution is -2.34. The Balaban J connectivity index is 1.74. The molecule has 0 saturated heterocycles. The predicted molar refractivity (Wildman–Crippen MR) is 99.3 cm³/mol. The third kappa shape index (κ3) is 4.20. The van der Waals surface area contributed by atoms with E-state index in [0.29, 0.717) is 0 Å². The third-order valence-electron chi connectivity index (χ3n) is 3.48. The fourth-order valence-corrected chi connectivity index (χ4v) is 2.68. The number of nitrogens with one attached hydrogen (secondary N) is 3. The molecule has 0 aliphatic heterocycles. The molecule has 0 spiro atoms. The van der Waals surface area contributed by atoms with Crippen molar-refractivity contribution < 1.29 is 14.4 Å². The zero-order chi connectivity index (χ0) is 19.4. The minimum atomic E-state index is -0.687. The van der Waals surface area contributed by atoms with Crippen molar-refractivity contribution in [1.82, 2.24) is 25.3 Å². The molecule has 1 aromatic carbocycles. The number of aromatic nitrogens is 4. The van der Waals surface area contributed by atoms with E-state index in [1.807, 2.05) is 24.3 Å². The fourth-order valence-electron chi connectivity index (χ4n) is 2.21. The Morgan fingerprint density at radius 3 is 2.70 bits per heavy atom. The molecule has 0 bridgehead atoms. The molecule has 0 fully saturated rings. The van der Waals surface area contributed by atoms with Crippen LogP contribution in [0.3, 0.4) is 0 Å². The van der Waals surface area contributed by atoms with E-state index in [1.165, 1.54) is 12.4 Å². The summed E-state index contributed by atoms with van der Waals surface area (Å²) in [4.78, 5) is 35.2. The highest BCUT2D eigenvalue weighted by atomic mass is 79.9. The lowest BCUT2D eigenvalue weighted by atomic mass is 10.3. The minimum absolute atomic E-state index is 0.00259. The summed E-state index contributed by atoms with van der Waals surface area (Å²) in [7, 11) is 0. The second-order valence-electron chi connectivity index (χ2n) is 5.39. The molecule has 5 N–H and O–H groups in total. The second kappa shape index (κ2) is 7.83. The molecule has 0 atom stereocenters. The summed E-state index contributed by atoms with van der Waals surface area (Å²) in [6, 6.07) is 7.42. The van der Waals surface area contributed by atoms with Crippen LogP contribution in [-0.4, -0.2) is 44.2 Å². The maximum Gasteiger partial charge on any atom is 0.271 e. The van der Waals surface area contributed by atoms with Crippen LogP contribution in [0, 0.1) is 0 Å². The van der Waals surface area contributed by atoms with E-state index in [4.69, 9.17) is 5.73 Å². The van der Waals surface area contributed by atoms with Gasteiger partial charge in [0.05, 0.1) is 35.9 Å². The van der Waals surface area contributed by atoms with Crippen molar-refractivity contribution in [2.24, 2.45) is 5.73 Å². The first-order valence-corrected chi connectivity index (χ1v) is 8.46. The van der Waals surface area contributed by atoms with Gasteiger partial charge in [-0.25, -0.2) is 4.68 Å². The van der Waals surface area contributed by atoms with Gasteiger partial charge in [0, 0.05) is 10.7 Å². The van der Waals surface area contributed by atoms with Crippen molar-refractivity contribution in [1.29, 1.82) is 0 Å². The van der Waals surface area contributed by atoms with Crippen LogP contribution in [0.15, 0.2) is 47.3 Å². The lowest BCUT2D eigenvalue weighted by molar-refractivity contribution is -0.117. The highest BCUT2D eigenvalue weighted by molar-refractivity contribution is 9.10. The molecule has 11 heteroatoms. The van der Waals surface area contributed by atoms with Gasteiger partial charge in [-0.15, -0.1) is 0 Å². The predicted octanol–water partition coefficient (Wildman–Crippen LogP) is 0.825. The number of rotatable bonds is 6. The summed E-state index contributed by atoms with van der Waals surface area (Å²) in [5.74, 6) is -1.78. The van der Waals surface area contributed by atoms with Gasteiger partial charge in [-0.3, -0.25) is 19.5 Å². The van der Waals surface area contributed by atoms with Crippen LogP contribution < -0.4 is 16.4 Å². The number of benzene rings is 1. The van der Waals surface area contributed by atoms with Crippen molar-refractivity contribution >= 4 is 39.3 Å². The average Bonchev–Trinajstić information content (AvgIpc) is 3.29. The van der Waals surface area contributed by atoms with Gasteiger partial charge in [0.2, 0.25) is 5.91 Å². The number of hydrogen-bond donors (Lipinski definition) is 4. The Bertz CT molecular complexity index is 1010. The van der Waals surface area contributed by atoms with E-state index in [-0.39, 0.29) is 23.5 Å².